The Morgan fingerprint density at radius 3 is 2.71 bits per heavy atom. The summed E-state index contributed by atoms with van der Waals surface area (Å²) in [5.41, 5.74) is 1.80. The van der Waals surface area contributed by atoms with E-state index in [1.165, 1.54) is 0 Å². The minimum Gasteiger partial charge on any atom is -0.496 e. The van der Waals surface area contributed by atoms with E-state index >= 15 is 0 Å². The minimum atomic E-state index is 0.164. The van der Waals surface area contributed by atoms with E-state index in [4.69, 9.17) is 19.2 Å². The molecule has 4 rings (SSSR count). The number of nitrogens with zero attached hydrogens (tertiary/aromatic N) is 3. The standard InChI is InChI=1S/C22H21N3O2S/c1-15(2)24-22-25(19(14-28-22)21-9-6-12-27-21)23-13-18-17-8-5-4-7-16(17)10-11-20(18)26-3/h4-15H,1-3H3. The highest BCUT2D eigenvalue weighted by atomic mass is 32.1. The lowest BCUT2D eigenvalue weighted by molar-refractivity contribution is 0.415. The zero-order valence-electron chi connectivity index (χ0n) is 16.0. The average molecular weight is 391 g/mol. The zero-order valence-corrected chi connectivity index (χ0v) is 16.8. The third kappa shape index (κ3) is 3.51. The van der Waals surface area contributed by atoms with Gasteiger partial charge in [-0.25, -0.2) is 4.68 Å². The van der Waals surface area contributed by atoms with Crippen molar-refractivity contribution in [3.8, 4) is 17.2 Å². The molecular formula is C22H21N3O2S. The topological polar surface area (TPSA) is 52.0 Å². The van der Waals surface area contributed by atoms with Crippen molar-refractivity contribution >= 4 is 28.3 Å². The fourth-order valence-electron chi connectivity index (χ4n) is 3.02. The average Bonchev–Trinajstić information content (AvgIpc) is 3.35. The van der Waals surface area contributed by atoms with Gasteiger partial charge in [-0.15, -0.1) is 11.3 Å². The van der Waals surface area contributed by atoms with Gasteiger partial charge in [-0.2, -0.15) is 5.10 Å². The Kier molecular flexibility index (Phi) is 5.12. The van der Waals surface area contributed by atoms with Crippen molar-refractivity contribution < 1.29 is 9.15 Å². The Bertz CT molecular complexity index is 1180. The number of hydrogen-bond donors (Lipinski definition) is 0. The van der Waals surface area contributed by atoms with Crippen molar-refractivity contribution in [2.45, 2.75) is 19.9 Å². The molecular weight excluding hydrogens is 370 g/mol. The van der Waals surface area contributed by atoms with Crippen molar-refractivity contribution in [2.75, 3.05) is 7.11 Å². The predicted molar refractivity (Wildman–Crippen MR) is 114 cm³/mol. The van der Waals surface area contributed by atoms with Crippen LogP contribution in [0.2, 0.25) is 0 Å². The van der Waals surface area contributed by atoms with E-state index in [9.17, 15) is 0 Å². The van der Waals surface area contributed by atoms with Gasteiger partial charge in [-0.05, 0) is 42.8 Å². The molecule has 0 aliphatic carbocycles. The molecule has 2 heterocycles. The molecule has 28 heavy (non-hydrogen) atoms. The minimum absolute atomic E-state index is 0.164. The maximum Gasteiger partial charge on any atom is 0.206 e. The fraction of sp³-hybridized carbons (Fsp3) is 0.182. The molecule has 4 aromatic rings. The van der Waals surface area contributed by atoms with Crippen molar-refractivity contribution in [3.05, 3.63) is 70.5 Å². The molecule has 2 aromatic heterocycles. The fourth-order valence-corrected chi connectivity index (χ4v) is 3.97. The van der Waals surface area contributed by atoms with Crippen LogP contribution in [0.4, 0.5) is 0 Å². The number of aromatic nitrogens is 1. The Morgan fingerprint density at radius 2 is 1.96 bits per heavy atom. The molecule has 142 valence electrons. The summed E-state index contributed by atoms with van der Waals surface area (Å²) in [7, 11) is 1.67. The first-order valence-electron chi connectivity index (χ1n) is 9.05. The van der Waals surface area contributed by atoms with Gasteiger partial charge in [0, 0.05) is 17.0 Å². The molecule has 0 saturated carbocycles. The van der Waals surface area contributed by atoms with Crippen LogP contribution in [0.5, 0.6) is 5.75 Å². The van der Waals surface area contributed by atoms with Crippen LogP contribution in [0, 0.1) is 0 Å². The molecule has 0 unspecified atom stereocenters. The van der Waals surface area contributed by atoms with Gasteiger partial charge in [0.15, 0.2) is 5.76 Å². The molecule has 0 fully saturated rings. The van der Waals surface area contributed by atoms with Gasteiger partial charge in [0.05, 0.1) is 19.6 Å². The first-order valence-corrected chi connectivity index (χ1v) is 9.93. The van der Waals surface area contributed by atoms with E-state index < -0.39 is 0 Å². The van der Waals surface area contributed by atoms with Gasteiger partial charge in [-0.1, -0.05) is 30.3 Å². The number of hydrogen-bond acceptors (Lipinski definition) is 5. The Morgan fingerprint density at radius 1 is 1.11 bits per heavy atom. The number of fused-ring (bicyclic) bond motifs is 1. The van der Waals surface area contributed by atoms with E-state index in [0.717, 1.165) is 38.3 Å². The van der Waals surface area contributed by atoms with Gasteiger partial charge >= 0.3 is 0 Å². The molecule has 2 aromatic carbocycles. The number of ether oxygens (including phenoxy) is 1. The van der Waals surface area contributed by atoms with Gasteiger partial charge in [0.2, 0.25) is 4.80 Å². The summed E-state index contributed by atoms with van der Waals surface area (Å²) in [5.74, 6) is 1.53. The smallest absolute Gasteiger partial charge is 0.206 e. The molecule has 0 aliphatic rings. The maximum atomic E-state index is 5.59. The zero-order chi connectivity index (χ0) is 19.5. The number of furan rings is 1. The SMILES string of the molecule is COc1ccc2ccccc2c1C=Nn1c(-c2ccco2)csc1=NC(C)C. The number of thiazole rings is 1. The molecule has 0 spiro atoms. The lowest BCUT2D eigenvalue weighted by atomic mass is 10.0. The number of methoxy groups -OCH3 is 1. The Balaban J connectivity index is 1.89. The largest absolute Gasteiger partial charge is 0.496 e. The van der Waals surface area contributed by atoms with Crippen molar-refractivity contribution in [2.24, 2.45) is 10.1 Å². The molecule has 5 nitrogen and oxygen atoms in total. The lowest BCUT2D eigenvalue weighted by Gasteiger charge is -2.09. The summed E-state index contributed by atoms with van der Waals surface area (Å²) in [6.07, 6.45) is 3.49. The van der Waals surface area contributed by atoms with Crippen LogP contribution < -0.4 is 9.54 Å². The monoisotopic (exact) mass is 391 g/mol. The Hall–Kier alpha value is -3.12. The number of rotatable bonds is 5. The van der Waals surface area contributed by atoms with Crippen LogP contribution in [0.1, 0.15) is 19.4 Å². The highest BCUT2D eigenvalue weighted by Crippen LogP contribution is 2.27. The molecule has 0 atom stereocenters. The summed E-state index contributed by atoms with van der Waals surface area (Å²) in [6, 6.07) is 16.2. The van der Waals surface area contributed by atoms with Crippen LogP contribution in [-0.2, 0) is 0 Å². The van der Waals surface area contributed by atoms with Crippen molar-refractivity contribution in [1.82, 2.24) is 4.68 Å². The highest BCUT2D eigenvalue weighted by Gasteiger charge is 2.11. The van der Waals surface area contributed by atoms with Gasteiger partial charge in [-0.3, -0.25) is 4.99 Å². The van der Waals surface area contributed by atoms with Gasteiger partial charge in [0.1, 0.15) is 11.4 Å². The molecule has 0 amide bonds. The van der Waals surface area contributed by atoms with E-state index in [0.29, 0.717) is 0 Å². The molecule has 6 heteroatoms. The Labute approximate surface area is 167 Å². The molecule has 0 saturated heterocycles. The summed E-state index contributed by atoms with van der Waals surface area (Å²) in [4.78, 5) is 5.52. The second kappa shape index (κ2) is 7.86. The first kappa shape index (κ1) is 18.3. The molecule has 0 aliphatic heterocycles. The van der Waals surface area contributed by atoms with Gasteiger partial charge < -0.3 is 9.15 Å². The summed E-state index contributed by atoms with van der Waals surface area (Å²) in [5, 5.41) is 9.01. The predicted octanol–water partition coefficient (Wildman–Crippen LogP) is 5.16. The van der Waals surface area contributed by atoms with Crippen molar-refractivity contribution in [1.29, 1.82) is 0 Å². The second-order valence-corrected chi connectivity index (χ2v) is 7.40. The van der Waals surface area contributed by atoms with E-state index in [1.807, 2.05) is 60.5 Å². The van der Waals surface area contributed by atoms with Crippen molar-refractivity contribution in [3.63, 3.8) is 0 Å². The maximum absolute atomic E-state index is 5.59. The highest BCUT2D eigenvalue weighted by molar-refractivity contribution is 7.07. The third-order valence-corrected chi connectivity index (χ3v) is 5.11. The molecule has 0 N–H and O–H groups in total. The van der Waals surface area contributed by atoms with Crippen LogP contribution in [0.15, 0.2) is 74.7 Å². The lowest BCUT2D eigenvalue weighted by Crippen LogP contribution is -2.14. The van der Waals surface area contributed by atoms with Gasteiger partial charge in [0.25, 0.3) is 0 Å². The quantitative estimate of drug-likeness (QED) is 0.441. The van der Waals surface area contributed by atoms with Crippen LogP contribution in [-0.4, -0.2) is 24.0 Å². The normalized spacial score (nSPS) is 12.5. The van der Waals surface area contributed by atoms with E-state index in [1.54, 1.807) is 24.7 Å². The van der Waals surface area contributed by atoms with Crippen LogP contribution in [0.3, 0.4) is 0 Å². The van der Waals surface area contributed by atoms with Crippen LogP contribution in [0.25, 0.3) is 22.2 Å². The van der Waals surface area contributed by atoms with E-state index in [-0.39, 0.29) is 6.04 Å². The first-order chi connectivity index (χ1) is 13.7. The summed E-state index contributed by atoms with van der Waals surface area (Å²) < 4.78 is 13.0. The molecule has 0 bridgehead atoms. The van der Waals surface area contributed by atoms with Crippen LogP contribution >= 0.6 is 11.3 Å². The number of benzene rings is 2. The summed E-state index contributed by atoms with van der Waals surface area (Å²) >= 11 is 1.54. The molecule has 0 radical (unpaired) electrons. The summed E-state index contributed by atoms with van der Waals surface area (Å²) in [6.45, 7) is 4.10. The second-order valence-electron chi connectivity index (χ2n) is 6.56. The van der Waals surface area contributed by atoms with E-state index in [2.05, 4.69) is 18.2 Å². The third-order valence-electron chi connectivity index (χ3n) is 4.28.